The number of methoxy groups -OCH3 is 1. The molecule has 0 spiro atoms. The van der Waals surface area contributed by atoms with Gasteiger partial charge in [0.05, 0.1) is 23.5 Å². The number of amides is 1. The minimum absolute atomic E-state index is 0.137. The topological polar surface area (TPSA) is 97.4 Å². The Morgan fingerprint density at radius 1 is 1.59 bits per heavy atom. The summed E-state index contributed by atoms with van der Waals surface area (Å²) in [6, 6.07) is 1.39. The van der Waals surface area contributed by atoms with Gasteiger partial charge in [-0.2, -0.15) is 8.42 Å². The van der Waals surface area contributed by atoms with E-state index < -0.39 is 16.3 Å². The molecule has 1 aromatic heterocycles. The predicted molar refractivity (Wildman–Crippen MR) is 65.0 cm³/mol. The molecule has 0 saturated heterocycles. The van der Waals surface area contributed by atoms with Crippen molar-refractivity contribution in [3.8, 4) is 0 Å². The molecular formula is C7H7BrClN3O4S. The van der Waals surface area contributed by atoms with E-state index >= 15 is 0 Å². The van der Waals surface area contributed by atoms with Crippen molar-refractivity contribution in [3.05, 3.63) is 21.9 Å². The monoisotopic (exact) mass is 343 g/mol. The van der Waals surface area contributed by atoms with E-state index in [2.05, 4.69) is 30.4 Å². The SMILES string of the molecule is COC(=O)NS(=O)(=O)Nc1cnc(Cl)c(Br)c1. The van der Waals surface area contributed by atoms with Crippen molar-refractivity contribution in [1.29, 1.82) is 0 Å². The van der Waals surface area contributed by atoms with Crippen molar-refractivity contribution in [2.24, 2.45) is 0 Å². The third-order valence-corrected chi connectivity index (χ3v) is 3.53. The second-order valence-electron chi connectivity index (χ2n) is 2.70. The van der Waals surface area contributed by atoms with Crippen LogP contribution in [0.4, 0.5) is 10.5 Å². The largest absolute Gasteiger partial charge is 0.452 e. The number of pyridine rings is 1. The number of anilines is 1. The highest BCUT2D eigenvalue weighted by Crippen LogP contribution is 2.23. The highest BCUT2D eigenvalue weighted by molar-refractivity contribution is 9.10. The van der Waals surface area contributed by atoms with Gasteiger partial charge >= 0.3 is 16.3 Å². The molecule has 0 aliphatic carbocycles. The number of halogens is 2. The molecule has 2 N–H and O–H groups in total. The van der Waals surface area contributed by atoms with Gasteiger partial charge in [-0.15, -0.1) is 0 Å². The zero-order valence-electron chi connectivity index (χ0n) is 8.40. The fourth-order valence-corrected chi connectivity index (χ4v) is 2.04. The molecule has 94 valence electrons. The zero-order chi connectivity index (χ0) is 13.1. The van der Waals surface area contributed by atoms with Crippen LogP contribution in [0.1, 0.15) is 0 Å². The molecule has 0 atom stereocenters. The fraction of sp³-hybridized carbons (Fsp3) is 0.143. The number of hydrogen-bond acceptors (Lipinski definition) is 5. The first kappa shape index (κ1) is 14.0. The maximum Gasteiger partial charge on any atom is 0.422 e. The first-order valence-electron chi connectivity index (χ1n) is 4.03. The minimum Gasteiger partial charge on any atom is -0.452 e. The average Bonchev–Trinajstić information content (AvgIpc) is 2.22. The summed E-state index contributed by atoms with van der Waals surface area (Å²) in [5.74, 6) is 0. The van der Waals surface area contributed by atoms with Gasteiger partial charge in [-0.25, -0.2) is 14.5 Å². The van der Waals surface area contributed by atoms with E-state index in [9.17, 15) is 13.2 Å². The fourth-order valence-electron chi connectivity index (χ4n) is 0.809. The Labute approximate surface area is 111 Å². The van der Waals surface area contributed by atoms with E-state index in [0.717, 1.165) is 7.11 Å². The molecular weight excluding hydrogens is 338 g/mol. The highest BCUT2D eigenvalue weighted by Gasteiger charge is 2.15. The molecule has 1 amide bonds. The summed E-state index contributed by atoms with van der Waals surface area (Å²) in [5.41, 5.74) is 0.137. The number of carbonyl (C=O) groups excluding carboxylic acids is 1. The van der Waals surface area contributed by atoms with E-state index in [1.807, 2.05) is 0 Å². The van der Waals surface area contributed by atoms with Crippen molar-refractivity contribution in [1.82, 2.24) is 9.71 Å². The van der Waals surface area contributed by atoms with Gasteiger partial charge in [0.15, 0.2) is 0 Å². The first-order chi connectivity index (χ1) is 7.84. The van der Waals surface area contributed by atoms with Gasteiger partial charge in [-0.3, -0.25) is 4.72 Å². The number of ether oxygens (including phenoxy) is 1. The Kier molecular flexibility index (Phi) is 4.54. The van der Waals surface area contributed by atoms with Crippen molar-refractivity contribution >= 4 is 49.5 Å². The van der Waals surface area contributed by atoms with Crippen LogP contribution in [0.15, 0.2) is 16.7 Å². The van der Waals surface area contributed by atoms with E-state index in [1.54, 1.807) is 4.72 Å². The molecule has 0 unspecified atom stereocenters. The first-order valence-corrected chi connectivity index (χ1v) is 6.69. The van der Waals surface area contributed by atoms with Crippen molar-refractivity contribution in [3.63, 3.8) is 0 Å². The molecule has 0 aromatic carbocycles. The average molecular weight is 345 g/mol. The van der Waals surface area contributed by atoms with Crippen LogP contribution in [0.5, 0.6) is 0 Å². The van der Waals surface area contributed by atoms with Crippen molar-refractivity contribution in [2.75, 3.05) is 11.8 Å². The van der Waals surface area contributed by atoms with E-state index in [0.29, 0.717) is 4.47 Å². The van der Waals surface area contributed by atoms with E-state index in [1.165, 1.54) is 12.3 Å². The molecule has 1 rings (SSSR count). The molecule has 0 aliphatic heterocycles. The Morgan fingerprint density at radius 2 is 2.24 bits per heavy atom. The number of hydrogen-bond donors (Lipinski definition) is 2. The normalized spacial score (nSPS) is 10.8. The lowest BCUT2D eigenvalue weighted by Crippen LogP contribution is -2.35. The Morgan fingerprint density at radius 3 is 2.76 bits per heavy atom. The van der Waals surface area contributed by atoms with Crippen LogP contribution in [-0.4, -0.2) is 26.6 Å². The Hall–Kier alpha value is -1.06. The molecule has 0 fully saturated rings. The molecule has 0 saturated carbocycles. The summed E-state index contributed by atoms with van der Waals surface area (Å²) in [5, 5.41) is 0.189. The van der Waals surface area contributed by atoms with Gasteiger partial charge in [0, 0.05) is 0 Å². The number of carbonyl (C=O) groups is 1. The molecule has 7 nitrogen and oxygen atoms in total. The number of nitrogens with one attached hydrogen (secondary N) is 2. The summed E-state index contributed by atoms with van der Waals surface area (Å²) < 4.78 is 31.0. The maximum atomic E-state index is 11.4. The van der Waals surface area contributed by atoms with Crippen molar-refractivity contribution in [2.45, 2.75) is 0 Å². The number of aromatic nitrogens is 1. The quantitative estimate of drug-likeness (QED) is 0.810. The van der Waals surface area contributed by atoms with Crippen LogP contribution in [0.3, 0.4) is 0 Å². The molecule has 1 heterocycles. The zero-order valence-corrected chi connectivity index (χ0v) is 11.6. The lowest BCUT2D eigenvalue weighted by molar-refractivity contribution is 0.177. The molecule has 10 heteroatoms. The van der Waals surface area contributed by atoms with Crippen LogP contribution in [-0.2, 0) is 14.9 Å². The maximum absolute atomic E-state index is 11.4. The van der Waals surface area contributed by atoms with Crippen molar-refractivity contribution < 1.29 is 17.9 Å². The summed E-state index contributed by atoms with van der Waals surface area (Å²) in [6.07, 6.45) is 0.0994. The molecule has 1 aromatic rings. The van der Waals surface area contributed by atoms with Crippen LogP contribution < -0.4 is 9.44 Å². The van der Waals surface area contributed by atoms with Gasteiger partial charge < -0.3 is 4.74 Å². The van der Waals surface area contributed by atoms with E-state index in [4.69, 9.17) is 11.6 Å². The Balaban J connectivity index is 2.83. The predicted octanol–water partition coefficient (Wildman–Crippen LogP) is 1.51. The van der Waals surface area contributed by atoms with Gasteiger partial charge in [-0.1, -0.05) is 11.6 Å². The number of nitrogens with zero attached hydrogens (tertiary/aromatic N) is 1. The second kappa shape index (κ2) is 5.52. The van der Waals surface area contributed by atoms with Gasteiger partial charge in [0.1, 0.15) is 5.15 Å². The van der Waals surface area contributed by atoms with Crippen LogP contribution >= 0.6 is 27.5 Å². The highest BCUT2D eigenvalue weighted by atomic mass is 79.9. The van der Waals surface area contributed by atoms with Crippen LogP contribution in [0.2, 0.25) is 5.15 Å². The minimum atomic E-state index is -4.05. The number of rotatable bonds is 3. The standard InChI is InChI=1S/C7H7BrClN3O4S/c1-16-7(13)12-17(14,15)11-4-2-5(8)6(9)10-3-4/h2-3,11H,1H3,(H,12,13). The third-order valence-electron chi connectivity index (χ3n) is 1.45. The van der Waals surface area contributed by atoms with Gasteiger partial charge in [0.2, 0.25) is 0 Å². The lowest BCUT2D eigenvalue weighted by atomic mass is 10.4. The molecule has 0 aliphatic rings. The van der Waals surface area contributed by atoms with Gasteiger partial charge in [-0.05, 0) is 22.0 Å². The third kappa shape index (κ3) is 4.36. The van der Waals surface area contributed by atoms with Crippen LogP contribution in [0.25, 0.3) is 0 Å². The summed E-state index contributed by atoms with van der Waals surface area (Å²) >= 11 is 8.71. The molecule has 0 bridgehead atoms. The summed E-state index contributed by atoms with van der Waals surface area (Å²) in [7, 11) is -3.01. The van der Waals surface area contributed by atoms with Gasteiger partial charge in [0.25, 0.3) is 0 Å². The summed E-state index contributed by atoms with van der Waals surface area (Å²) in [6.45, 7) is 0. The Bertz CT molecular complexity index is 536. The van der Waals surface area contributed by atoms with E-state index in [-0.39, 0.29) is 10.8 Å². The lowest BCUT2D eigenvalue weighted by Gasteiger charge is -2.08. The molecule has 0 radical (unpaired) electrons. The second-order valence-corrected chi connectivity index (χ2v) is 5.32. The van der Waals surface area contributed by atoms with Crippen LogP contribution in [0, 0.1) is 0 Å². The summed E-state index contributed by atoms with van der Waals surface area (Å²) in [4.78, 5) is 14.4. The smallest absolute Gasteiger partial charge is 0.422 e. The molecule has 17 heavy (non-hydrogen) atoms.